The van der Waals surface area contributed by atoms with E-state index in [1.165, 1.54) is 11.1 Å². The second-order valence-corrected chi connectivity index (χ2v) is 16.8. The molecule has 2 fully saturated rings. The Morgan fingerprint density at radius 1 is 1.11 bits per heavy atom. The van der Waals surface area contributed by atoms with Gasteiger partial charge in [-0.25, -0.2) is 13.1 Å². The fourth-order valence-electron chi connectivity index (χ4n) is 8.52. The molecule has 2 aromatic carbocycles. The topological polar surface area (TPSA) is 95.9 Å². The highest BCUT2D eigenvalue weighted by Gasteiger charge is 2.44. The number of rotatable bonds is 2. The highest BCUT2D eigenvalue weighted by atomic mass is 35.5. The van der Waals surface area contributed by atoms with Gasteiger partial charge in [-0.2, -0.15) is 0 Å². The first-order valence-corrected chi connectivity index (χ1v) is 18.8. The van der Waals surface area contributed by atoms with Gasteiger partial charge in [0, 0.05) is 29.1 Å². The lowest BCUT2D eigenvalue weighted by atomic mass is 9.68. The minimum Gasteiger partial charge on any atom is -0.490 e. The van der Waals surface area contributed by atoms with E-state index in [1.54, 1.807) is 6.07 Å². The monoisotopic (exact) mass is 652 g/mol. The summed E-state index contributed by atoms with van der Waals surface area (Å²) in [6.07, 6.45) is 12.5. The van der Waals surface area contributed by atoms with Gasteiger partial charge in [-0.05, 0) is 110 Å². The SMILES string of the molecule is C[C@H]1C/C=C/[C@H](O)[C@@H]2CC[C@H]2CN2C[C@@]3(CCCc4cc(Cl)ccc43)COc3ccc(cc32)C(=O)NS(=O)(=O)C1CC1CCC1. The number of aryl methyl sites for hydroxylation is 1. The van der Waals surface area contributed by atoms with Crippen LogP contribution < -0.4 is 14.4 Å². The number of carbonyl (C=O) groups is 1. The number of hydrogen-bond donors (Lipinski definition) is 2. The fourth-order valence-corrected chi connectivity index (χ4v) is 10.5. The van der Waals surface area contributed by atoms with Crippen LogP contribution in [0.4, 0.5) is 5.69 Å². The molecule has 0 aromatic heterocycles. The molecule has 2 bridgehead atoms. The molecule has 6 atom stereocenters. The quantitative estimate of drug-likeness (QED) is 0.364. The lowest BCUT2D eigenvalue weighted by Gasteiger charge is -2.45. The molecule has 2 saturated carbocycles. The molecule has 2 aromatic rings. The Kier molecular flexibility index (Phi) is 8.45. The van der Waals surface area contributed by atoms with Gasteiger partial charge >= 0.3 is 0 Å². The first kappa shape index (κ1) is 31.1. The van der Waals surface area contributed by atoms with Crippen molar-refractivity contribution in [1.29, 1.82) is 0 Å². The lowest BCUT2D eigenvalue weighted by molar-refractivity contribution is 0.0455. The Morgan fingerprint density at radius 3 is 2.71 bits per heavy atom. The highest BCUT2D eigenvalue weighted by Crippen LogP contribution is 2.47. The molecular weight excluding hydrogens is 608 g/mol. The van der Waals surface area contributed by atoms with Gasteiger partial charge in [-0.1, -0.05) is 56.0 Å². The maximum absolute atomic E-state index is 13.8. The molecule has 1 spiro atoms. The molecule has 2 aliphatic heterocycles. The molecular formula is C36H45ClN2O5S. The maximum atomic E-state index is 13.8. The molecule has 0 saturated heterocycles. The number of aliphatic hydroxyl groups is 1. The number of allylic oxidation sites excluding steroid dienone is 1. The zero-order valence-corrected chi connectivity index (χ0v) is 27.7. The van der Waals surface area contributed by atoms with E-state index in [1.807, 2.05) is 37.3 Å². The summed E-state index contributed by atoms with van der Waals surface area (Å²) in [5.74, 6) is 0.694. The van der Waals surface area contributed by atoms with E-state index < -0.39 is 27.3 Å². The molecule has 242 valence electrons. The number of nitrogens with zero attached hydrogens (tertiary/aromatic N) is 1. The van der Waals surface area contributed by atoms with Gasteiger partial charge in [-0.3, -0.25) is 4.79 Å². The zero-order chi connectivity index (χ0) is 31.3. The summed E-state index contributed by atoms with van der Waals surface area (Å²) in [7, 11) is -3.94. The summed E-state index contributed by atoms with van der Waals surface area (Å²) in [5, 5.41) is 11.4. The van der Waals surface area contributed by atoms with Crippen LogP contribution in [-0.2, 0) is 21.9 Å². The summed E-state index contributed by atoms with van der Waals surface area (Å²) in [5.41, 5.74) is 3.38. The summed E-state index contributed by atoms with van der Waals surface area (Å²) in [6.45, 7) is 3.88. The van der Waals surface area contributed by atoms with Crippen molar-refractivity contribution in [1.82, 2.24) is 4.72 Å². The molecule has 1 amide bonds. The number of aliphatic hydroxyl groups excluding tert-OH is 1. The van der Waals surface area contributed by atoms with Crippen molar-refractivity contribution in [3.05, 3.63) is 70.3 Å². The summed E-state index contributed by atoms with van der Waals surface area (Å²) in [6, 6.07) is 11.5. The molecule has 7 rings (SSSR count). The number of halogens is 1. The summed E-state index contributed by atoms with van der Waals surface area (Å²) >= 11 is 6.41. The van der Waals surface area contributed by atoms with Crippen LogP contribution >= 0.6 is 11.6 Å². The molecule has 9 heteroatoms. The molecule has 2 N–H and O–H groups in total. The number of sulfonamides is 1. The van der Waals surface area contributed by atoms with Crippen molar-refractivity contribution < 1.29 is 23.1 Å². The van der Waals surface area contributed by atoms with Crippen LogP contribution in [0.25, 0.3) is 0 Å². The van der Waals surface area contributed by atoms with E-state index in [0.717, 1.165) is 68.6 Å². The van der Waals surface area contributed by atoms with Crippen LogP contribution in [0, 0.1) is 23.7 Å². The molecule has 45 heavy (non-hydrogen) atoms. The van der Waals surface area contributed by atoms with Crippen molar-refractivity contribution in [3.8, 4) is 5.75 Å². The Morgan fingerprint density at radius 2 is 1.96 bits per heavy atom. The molecule has 5 aliphatic rings. The Balaban J connectivity index is 1.27. The van der Waals surface area contributed by atoms with Gasteiger partial charge in [0.15, 0.2) is 0 Å². The second-order valence-electron chi connectivity index (χ2n) is 14.5. The number of ether oxygens (including phenoxy) is 1. The van der Waals surface area contributed by atoms with Gasteiger partial charge in [0.1, 0.15) is 5.75 Å². The first-order valence-electron chi connectivity index (χ1n) is 16.8. The van der Waals surface area contributed by atoms with Crippen LogP contribution in [0.3, 0.4) is 0 Å². The second kappa shape index (κ2) is 12.2. The number of carbonyl (C=O) groups excluding carboxylic acids is 1. The fraction of sp³-hybridized carbons (Fsp3) is 0.583. The van der Waals surface area contributed by atoms with Crippen LogP contribution in [0.2, 0.25) is 5.02 Å². The van der Waals surface area contributed by atoms with E-state index in [0.29, 0.717) is 43.2 Å². The van der Waals surface area contributed by atoms with E-state index in [-0.39, 0.29) is 23.2 Å². The highest BCUT2D eigenvalue weighted by molar-refractivity contribution is 7.90. The van der Waals surface area contributed by atoms with E-state index in [9.17, 15) is 18.3 Å². The van der Waals surface area contributed by atoms with Crippen molar-refractivity contribution in [3.63, 3.8) is 0 Å². The largest absolute Gasteiger partial charge is 0.490 e. The zero-order valence-electron chi connectivity index (χ0n) is 26.1. The van der Waals surface area contributed by atoms with Crippen molar-refractivity contribution >= 4 is 33.2 Å². The van der Waals surface area contributed by atoms with Crippen molar-refractivity contribution in [2.45, 2.75) is 87.9 Å². The van der Waals surface area contributed by atoms with Crippen molar-refractivity contribution in [2.24, 2.45) is 23.7 Å². The third kappa shape index (κ3) is 6.03. The average molecular weight is 653 g/mol. The predicted octanol–water partition coefficient (Wildman–Crippen LogP) is 6.41. The van der Waals surface area contributed by atoms with Crippen LogP contribution in [0.1, 0.15) is 86.2 Å². The molecule has 7 nitrogen and oxygen atoms in total. The maximum Gasteiger partial charge on any atom is 0.264 e. The predicted molar refractivity (Wildman–Crippen MR) is 177 cm³/mol. The van der Waals surface area contributed by atoms with E-state index in [2.05, 4.69) is 21.8 Å². The number of nitrogens with one attached hydrogen (secondary N) is 1. The molecule has 2 heterocycles. The van der Waals surface area contributed by atoms with Gasteiger partial charge < -0.3 is 14.7 Å². The Bertz CT molecular complexity index is 1590. The van der Waals surface area contributed by atoms with Gasteiger partial charge in [0.05, 0.1) is 23.6 Å². The summed E-state index contributed by atoms with van der Waals surface area (Å²) < 4.78 is 36.6. The van der Waals surface area contributed by atoms with E-state index >= 15 is 0 Å². The smallest absolute Gasteiger partial charge is 0.264 e. The summed E-state index contributed by atoms with van der Waals surface area (Å²) in [4.78, 5) is 16.0. The first-order chi connectivity index (χ1) is 21.6. The molecule has 3 aliphatic carbocycles. The third-order valence-electron chi connectivity index (χ3n) is 11.6. The Hall–Kier alpha value is -2.55. The number of amides is 1. The van der Waals surface area contributed by atoms with Gasteiger partial charge in [0.2, 0.25) is 10.0 Å². The van der Waals surface area contributed by atoms with E-state index in [4.69, 9.17) is 16.3 Å². The molecule has 1 unspecified atom stereocenters. The number of hydrogen-bond acceptors (Lipinski definition) is 6. The minimum atomic E-state index is -3.94. The number of anilines is 1. The van der Waals surface area contributed by atoms with Gasteiger partial charge in [-0.15, -0.1) is 0 Å². The molecule has 0 radical (unpaired) electrons. The minimum absolute atomic E-state index is 0.131. The third-order valence-corrected chi connectivity index (χ3v) is 13.7. The standard InChI is InChI=1S/C36H45ClN2O5S/c1-23-5-2-9-32(40)29-13-10-27(29)20-39-21-36(16-4-8-25-18-28(37)12-14-30(25)36)22-44-33-15-11-26(19-31(33)39)35(41)38-45(42,43)34(23)17-24-6-3-7-24/h2,9,11-12,14-15,18-19,23-24,27,29,32,34,40H,3-8,10,13,16-17,20-22H2,1H3,(H,38,41)/b9-2+/t23-,27-,29+,32-,34?,36-/m0/s1. The number of fused-ring (bicyclic) bond motifs is 4. The van der Waals surface area contributed by atoms with Crippen molar-refractivity contribution in [2.75, 3.05) is 24.6 Å². The Labute approximate surface area is 272 Å². The van der Waals surface area contributed by atoms with Crippen LogP contribution in [0.5, 0.6) is 5.75 Å². The van der Waals surface area contributed by atoms with Crippen LogP contribution in [0.15, 0.2) is 48.6 Å². The normalized spacial score (nSPS) is 33.8. The average Bonchev–Trinajstić information content (AvgIpc) is 3.10. The lowest BCUT2D eigenvalue weighted by Crippen LogP contribution is -2.49. The number of benzene rings is 2. The van der Waals surface area contributed by atoms with Crippen LogP contribution in [-0.4, -0.2) is 50.5 Å². The van der Waals surface area contributed by atoms with Gasteiger partial charge in [0.25, 0.3) is 5.91 Å².